The Morgan fingerprint density at radius 1 is 0.381 bits per heavy atom. The minimum atomic E-state index is 0.823. The van der Waals surface area contributed by atoms with Gasteiger partial charge in [0, 0.05) is 10.8 Å². The molecule has 9 rings (SSSR count). The molecule has 0 saturated heterocycles. The topological polar surface area (TPSA) is 26.3 Å². The predicted molar refractivity (Wildman–Crippen MR) is 175 cm³/mol. The van der Waals surface area contributed by atoms with E-state index in [1.807, 2.05) is 18.2 Å². The number of furan rings is 2. The Morgan fingerprint density at radius 3 is 1.71 bits per heavy atom. The van der Waals surface area contributed by atoms with E-state index in [2.05, 4.69) is 121 Å². The normalized spacial score (nSPS) is 11.8. The average Bonchev–Trinajstić information content (AvgIpc) is 3.69. The first-order chi connectivity index (χ1) is 20.8. The van der Waals surface area contributed by atoms with Crippen LogP contribution in [0.25, 0.3) is 87.8 Å². The third kappa shape index (κ3) is 3.33. The van der Waals surface area contributed by atoms with Crippen LogP contribution in [0, 0.1) is 0 Å². The SMILES string of the molecule is c1ccc(-c2cccc(-c3c4ccccc4c(-c4cc5occc5c5oc6ccccc6c45)c4ccccc34)c2)cc1. The van der Waals surface area contributed by atoms with Crippen LogP contribution in [-0.2, 0) is 0 Å². The molecule has 0 aliphatic rings. The number of fused-ring (bicyclic) bond motifs is 7. The van der Waals surface area contributed by atoms with Crippen LogP contribution in [-0.4, -0.2) is 0 Å². The number of benzene rings is 7. The van der Waals surface area contributed by atoms with Crippen molar-refractivity contribution in [2.24, 2.45) is 0 Å². The molecule has 0 bridgehead atoms. The smallest absolute Gasteiger partial charge is 0.147 e. The Hall–Kier alpha value is -5.60. The summed E-state index contributed by atoms with van der Waals surface area (Å²) < 4.78 is 12.5. The van der Waals surface area contributed by atoms with Gasteiger partial charge in [-0.1, -0.05) is 115 Å². The quantitative estimate of drug-likeness (QED) is 0.210. The highest BCUT2D eigenvalue weighted by atomic mass is 16.3. The summed E-state index contributed by atoms with van der Waals surface area (Å²) in [5.41, 5.74) is 9.75. The molecule has 0 aliphatic carbocycles. The van der Waals surface area contributed by atoms with Crippen LogP contribution < -0.4 is 0 Å². The molecular weight excluding hydrogens is 512 g/mol. The molecule has 2 nitrogen and oxygen atoms in total. The van der Waals surface area contributed by atoms with Crippen molar-refractivity contribution in [1.29, 1.82) is 0 Å². The van der Waals surface area contributed by atoms with Gasteiger partial charge in [-0.3, -0.25) is 0 Å². The van der Waals surface area contributed by atoms with E-state index < -0.39 is 0 Å². The molecule has 0 saturated carbocycles. The first kappa shape index (κ1) is 23.1. The molecule has 0 aliphatic heterocycles. The van der Waals surface area contributed by atoms with E-state index in [1.54, 1.807) is 6.26 Å². The minimum Gasteiger partial charge on any atom is -0.464 e. The van der Waals surface area contributed by atoms with Gasteiger partial charge in [-0.25, -0.2) is 0 Å². The maximum atomic E-state index is 6.50. The highest BCUT2D eigenvalue weighted by Crippen LogP contribution is 2.48. The van der Waals surface area contributed by atoms with Crippen LogP contribution in [0.15, 0.2) is 155 Å². The molecule has 0 unspecified atom stereocenters. The van der Waals surface area contributed by atoms with E-state index in [-0.39, 0.29) is 0 Å². The van der Waals surface area contributed by atoms with Crippen LogP contribution in [0.2, 0.25) is 0 Å². The van der Waals surface area contributed by atoms with E-state index in [4.69, 9.17) is 8.83 Å². The molecule has 2 heterocycles. The molecule has 0 radical (unpaired) electrons. The van der Waals surface area contributed by atoms with Gasteiger partial charge < -0.3 is 8.83 Å². The number of para-hydroxylation sites is 1. The zero-order valence-corrected chi connectivity index (χ0v) is 22.7. The fourth-order valence-electron chi connectivity index (χ4n) is 6.74. The van der Waals surface area contributed by atoms with Gasteiger partial charge in [-0.15, -0.1) is 0 Å². The van der Waals surface area contributed by atoms with E-state index in [0.717, 1.165) is 38.5 Å². The maximum Gasteiger partial charge on any atom is 0.147 e. The van der Waals surface area contributed by atoms with Gasteiger partial charge in [0.05, 0.1) is 11.6 Å². The second-order valence-electron chi connectivity index (χ2n) is 10.8. The Balaban J connectivity index is 1.43. The molecule has 0 fully saturated rings. The first-order valence-corrected chi connectivity index (χ1v) is 14.3. The highest BCUT2D eigenvalue weighted by Gasteiger charge is 2.22. The van der Waals surface area contributed by atoms with Gasteiger partial charge in [0.25, 0.3) is 0 Å². The standard InChI is InChI=1S/C40H24O2/c1-2-11-25(12-3-1)26-13-10-14-27(23-26)37-28-15-4-6-17-30(28)38(31-18-7-5-16-29(31)37)34-24-36-33(21-22-41-36)40-39(34)32-19-8-9-20-35(32)42-40/h1-24H. The fraction of sp³-hybridized carbons (Fsp3) is 0. The van der Waals surface area contributed by atoms with Gasteiger partial charge in [0.1, 0.15) is 16.7 Å². The van der Waals surface area contributed by atoms with Crippen molar-refractivity contribution in [1.82, 2.24) is 0 Å². The second kappa shape index (κ2) is 8.95. The third-order valence-electron chi connectivity index (χ3n) is 8.54. The van der Waals surface area contributed by atoms with E-state index in [9.17, 15) is 0 Å². The Morgan fingerprint density at radius 2 is 0.976 bits per heavy atom. The van der Waals surface area contributed by atoms with Gasteiger partial charge >= 0.3 is 0 Å². The summed E-state index contributed by atoms with van der Waals surface area (Å²) in [5.74, 6) is 0. The molecule has 0 atom stereocenters. The van der Waals surface area contributed by atoms with Gasteiger partial charge in [0.15, 0.2) is 0 Å². The molecule has 0 amide bonds. The Bertz CT molecular complexity index is 2400. The van der Waals surface area contributed by atoms with Crippen molar-refractivity contribution in [3.05, 3.63) is 146 Å². The molecule has 2 heteroatoms. The van der Waals surface area contributed by atoms with Crippen molar-refractivity contribution in [3.8, 4) is 33.4 Å². The zero-order valence-electron chi connectivity index (χ0n) is 22.7. The van der Waals surface area contributed by atoms with Crippen LogP contribution in [0.4, 0.5) is 0 Å². The summed E-state index contributed by atoms with van der Waals surface area (Å²) >= 11 is 0. The summed E-state index contributed by atoms with van der Waals surface area (Å²) in [7, 11) is 0. The van der Waals surface area contributed by atoms with E-state index in [0.29, 0.717) is 0 Å². The number of rotatable bonds is 3. The molecule has 0 N–H and O–H groups in total. The van der Waals surface area contributed by atoms with Crippen molar-refractivity contribution in [2.45, 2.75) is 0 Å². The molecule has 42 heavy (non-hydrogen) atoms. The van der Waals surface area contributed by atoms with E-state index in [1.165, 1.54) is 49.4 Å². The first-order valence-electron chi connectivity index (χ1n) is 14.3. The number of hydrogen-bond acceptors (Lipinski definition) is 2. The maximum absolute atomic E-state index is 6.50. The highest BCUT2D eigenvalue weighted by molar-refractivity contribution is 6.28. The Kier molecular flexibility index (Phi) is 4.93. The molecular formula is C40H24O2. The summed E-state index contributed by atoms with van der Waals surface area (Å²) in [6.45, 7) is 0. The van der Waals surface area contributed by atoms with Crippen molar-refractivity contribution < 1.29 is 8.83 Å². The fourth-order valence-corrected chi connectivity index (χ4v) is 6.74. The zero-order chi connectivity index (χ0) is 27.6. The van der Waals surface area contributed by atoms with Crippen molar-refractivity contribution in [2.75, 3.05) is 0 Å². The van der Waals surface area contributed by atoms with Crippen molar-refractivity contribution >= 4 is 54.5 Å². The largest absolute Gasteiger partial charge is 0.464 e. The monoisotopic (exact) mass is 536 g/mol. The lowest BCUT2D eigenvalue weighted by molar-refractivity contribution is 0.615. The third-order valence-corrected chi connectivity index (χ3v) is 8.54. The summed E-state index contributed by atoms with van der Waals surface area (Å²) in [6, 6.07) is 49.6. The molecule has 9 aromatic rings. The summed E-state index contributed by atoms with van der Waals surface area (Å²) in [4.78, 5) is 0. The lowest BCUT2D eigenvalue weighted by Gasteiger charge is -2.18. The van der Waals surface area contributed by atoms with Gasteiger partial charge in [-0.05, 0) is 79.2 Å². The van der Waals surface area contributed by atoms with Crippen LogP contribution in [0.1, 0.15) is 0 Å². The van der Waals surface area contributed by atoms with Crippen LogP contribution >= 0.6 is 0 Å². The van der Waals surface area contributed by atoms with E-state index >= 15 is 0 Å². The van der Waals surface area contributed by atoms with Crippen molar-refractivity contribution in [3.63, 3.8) is 0 Å². The molecule has 7 aromatic carbocycles. The number of hydrogen-bond donors (Lipinski definition) is 0. The summed E-state index contributed by atoms with van der Waals surface area (Å²) in [6.07, 6.45) is 1.75. The minimum absolute atomic E-state index is 0.823. The molecule has 2 aromatic heterocycles. The lowest BCUT2D eigenvalue weighted by Crippen LogP contribution is -1.92. The molecule has 196 valence electrons. The average molecular weight is 537 g/mol. The lowest BCUT2D eigenvalue weighted by atomic mass is 9.84. The van der Waals surface area contributed by atoms with Crippen LogP contribution in [0.3, 0.4) is 0 Å². The second-order valence-corrected chi connectivity index (χ2v) is 10.8. The van der Waals surface area contributed by atoms with Gasteiger partial charge in [-0.2, -0.15) is 0 Å². The molecule has 0 spiro atoms. The predicted octanol–water partition coefficient (Wildman–Crippen LogP) is 11.6. The summed E-state index contributed by atoms with van der Waals surface area (Å²) in [5, 5.41) is 8.07. The Labute approximate surface area is 242 Å². The van der Waals surface area contributed by atoms with Crippen LogP contribution in [0.5, 0.6) is 0 Å². The van der Waals surface area contributed by atoms with Gasteiger partial charge in [0.2, 0.25) is 0 Å².